The van der Waals surface area contributed by atoms with Gasteiger partial charge in [0.2, 0.25) is 0 Å². The van der Waals surface area contributed by atoms with Crippen molar-refractivity contribution in [3.63, 3.8) is 0 Å². The average Bonchev–Trinajstić information content (AvgIpc) is 2.89. The molecule has 0 fully saturated rings. The molecule has 0 aliphatic rings. The summed E-state index contributed by atoms with van der Waals surface area (Å²) in [5.41, 5.74) is 6.65. The van der Waals surface area contributed by atoms with Crippen molar-refractivity contribution >= 4 is 23.1 Å². The van der Waals surface area contributed by atoms with Crippen LogP contribution < -0.4 is 0 Å². The normalized spacial score (nSPS) is 12.6. The van der Waals surface area contributed by atoms with Crippen LogP contribution in [0.3, 0.4) is 0 Å². The number of nitrogens with one attached hydrogen (secondary N) is 1. The first kappa shape index (κ1) is 27.2. The lowest BCUT2D eigenvalue weighted by Gasteiger charge is -2.08. The van der Waals surface area contributed by atoms with E-state index in [1.54, 1.807) is 6.08 Å². The van der Waals surface area contributed by atoms with Crippen molar-refractivity contribution in [3.05, 3.63) is 145 Å². The maximum absolute atomic E-state index is 8.02. The van der Waals surface area contributed by atoms with E-state index in [2.05, 4.69) is 67.6 Å². The van der Waals surface area contributed by atoms with Crippen LogP contribution in [-0.4, -0.2) is 11.9 Å². The molecule has 0 saturated heterocycles. The summed E-state index contributed by atoms with van der Waals surface area (Å²) in [6.07, 6.45) is 21.3. The van der Waals surface area contributed by atoms with Gasteiger partial charge in [0.25, 0.3) is 0 Å². The second-order valence-electron chi connectivity index (χ2n) is 7.92. The van der Waals surface area contributed by atoms with Crippen LogP contribution in [0.2, 0.25) is 0 Å². The van der Waals surface area contributed by atoms with Crippen molar-refractivity contribution in [2.45, 2.75) is 33.2 Å². The van der Waals surface area contributed by atoms with Gasteiger partial charge in [0.15, 0.2) is 0 Å². The minimum atomic E-state index is 0.410. The van der Waals surface area contributed by atoms with Crippen molar-refractivity contribution in [3.8, 4) is 0 Å². The molecule has 2 aromatic carbocycles. The first-order valence-electron chi connectivity index (χ1n) is 12.0. The number of nitrogens with zero attached hydrogens (tertiary/aromatic N) is 1. The van der Waals surface area contributed by atoms with Gasteiger partial charge in [0.1, 0.15) is 0 Å². The van der Waals surface area contributed by atoms with Crippen LogP contribution in [0.25, 0.3) is 11.1 Å². The third-order valence-electron chi connectivity index (χ3n) is 5.29. The van der Waals surface area contributed by atoms with Crippen molar-refractivity contribution in [2.75, 3.05) is 0 Å². The molecule has 0 unspecified atom stereocenters. The second kappa shape index (κ2) is 15.7. The molecule has 0 heterocycles. The Hall–Kier alpha value is -4.04. The molecule has 0 atom stereocenters. The summed E-state index contributed by atoms with van der Waals surface area (Å²) in [6, 6.07) is 18.6. The van der Waals surface area contributed by atoms with Crippen LogP contribution >= 0.6 is 0 Å². The van der Waals surface area contributed by atoms with Gasteiger partial charge in [-0.25, -0.2) is 0 Å². The summed E-state index contributed by atoms with van der Waals surface area (Å²) < 4.78 is 0. The van der Waals surface area contributed by atoms with Gasteiger partial charge in [-0.15, -0.1) is 0 Å². The molecule has 1 N–H and O–H groups in total. The molecule has 0 aliphatic heterocycles. The smallest absolute Gasteiger partial charge is 0.0641 e. The molecule has 178 valence electrons. The zero-order chi connectivity index (χ0) is 25.3. The Morgan fingerprint density at radius 2 is 1.63 bits per heavy atom. The summed E-state index contributed by atoms with van der Waals surface area (Å²) >= 11 is 0. The molecule has 0 aromatic heterocycles. The van der Waals surface area contributed by atoms with Crippen LogP contribution in [0.1, 0.15) is 43.4 Å². The lowest BCUT2D eigenvalue weighted by Crippen LogP contribution is -1.92. The van der Waals surface area contributed by atoms with Crippen molar-refractivity contribution in [2.24, 2.45) is 4.99 Å². The van der Waals surface area contributed by atoms with Gasteiger partial charge in [0.05, 0.1) is 12.3 Å². The lowest BCUT2D eigenvalue weighted by molar-refractivity contribution is 1.06. The van der Waals surface area contributed by atoms with E-state index in [0.29, 0.717) is 24.3 Å². The highest BCUT2D eigenvalue weighted by molar-refractivity contribution is 6.07. The Morgan fingerprint density at radius 1 is 0.886 bits per heavy atom. The molecule has 2 rings (SSSR count). The quantitative estimate of drug-likeness (QED) is 0.229. The van der Waals surface area contributed by atoms with Gasteiger partial charge >= 0.3 is 0 Å². The van der Waals surface area contributed by atoms with Gasteiger partial charge in [-0.05, 0) is 52.8 Å². The molecular formula is C33H36N2. The summed E-state index contributed by atoms with van der Waals surface area (Å²) in [5, 5.41) is 8.02. The van der Waals surface area contributed by atoms with Gasteiger partial charge < -0.3 is 5.41 Å². The van der Waals surface area contributed by atoms with Gasteiger partial charge in [-0.1, -0.05) is 123 Å². The maximum Gasteiger partial charge on any atom is 0.0641 e. The van der Waals surface area contributed by atoms with Crippen LogP contribution in [-0.2, 0) is 6.54 Å². The summed E-state index contributed by atoms with van der Waals surface area (Å²) in [5.74, 6) is 0. The Bertz CT molecular complexity index is 1170. The zero-order valence-corrected chi connectivity index (χ0v) is 21.0. The van der Waals surface area contributed by atoms with E-state index in [0.717, 1.165) is 28.7 Å². The number of hydrogen-bond donors (Lipinski definition) is 1. The average molecular weight is 461 g/mol. The Kier molecular flexibility index (Phi) is 12.2. The fourth-order valence-corrected chi connectivity index (χ4v) is 3.31. The SMILES string of the molecule is C=C(/C=C\CC=NCc1ccccc1C(=C)/C=C\C(=C/C)c1ccccc1)C(=N)/C=C\C=C\CC. The topological polar surface area (TPSA) is 36.2 Å². The number of benzene rings is 2. The number of aliphatic imine (C=N–C) groups is 1. The second-order valence-corrected chi connectivity index (χ2v) is 7.92. The van der Waals surface area contributed by atoms with Crippen molar-refractivity contribution in [1.29, 1.82) is 5.41 Å². The van der Waals surface area contributed by atoms with E-state index in [9.17, 15) is 0 Å². The molecule has 0 aliphatic carbocycles. The Balaban J connectivity index is 1.94. The van der Waals surface area contributed by atoms with E-state index in [1.807, 2.05) is 73.9 Å². The molecule has 2 nitrogen and oxygen atoms in total. The molecule has 0 radical (unpaired) electrons. The number of rotatable bonds is 13. The molecule has 0 bridgehead atoms. The van der Waals surface area contributed by atoms with Crippen LogP contribution in [0.4, 0.5) is 0 Å². The van der Waals surface area contributed by atoms with E-state index in [1.165, 1.54) is 5.56 Å². The highest BCUT2D eigenvalue weighted by atomic mass is 14.7. The highest BCUT2D eigenvalue weighted by Crippen LogP contribution is 2.22. The maximum atomic E-state index is 8.02. The van der Waals surface area contributed by atoms with E-state index in [-0.39, 0.29) is 0 Å². The minimum absolute atomic E-state index is 0.410. The lowest BCUT2D eigenvalue weighted by atomic mass is 9.98. The Morgan fingerprint density at radius 3 is 2.37 bits per heavy atom. The third-order valence-corrected chi connectivity index (χ3v) is 5.29. The van der Waals surface area contributed by atoms with Crippen molar-refractivity contribution < 1.29 is 0 Å². The monoisotopic (exact) mass is 460 g/mol. The van der Waals surface area contributed by atoms with Crippen LogP contribution in [0.5, 0.6) is 0 Å². The molecule has 0 saturated carbocycles. The number of allylic oxidation sites excluding steroid dienone is 12. The fraction of sp³-hybridized carbons (Fsp3) is 0.152. The first-order valence-corrected chi connectivity index (χ1v) is 12.0. The highest BCUT2D eigenvalue weighted by Gasteiger charge is 2.03. The summed E-state index contributed by atoms with van der Waals surface area (Å²) in [7, 11) is 0. The number of hydrogen-bond acceptors (Lipinski definition) is 2. The van der Waals surface area contributed by atoms with Gasteiger partial charge in [-0.3, -0.25) is 4.99 Å². The van der Waals surface area contributed by atoms with Gasteiger partial charge in [-0.2, -0.15) is 0 Å². The van der Waals surface area contributed by atoms with Gasteiger partial charge in [0, 0.05) is 12.6 Å². The van der Waals surface area contributed by atoms with Crippen molar-refractivity contribution in [1.82, 2.24) is 0 Å². The van der Waals surface area contributed by atoms with Crippen LogP contribution in [0, 0.1) is 5.41 Å². The first-order chi connectivity index (χ1) is 17.1. The van der Waals surface area contributed by atoms with E-state index < -0.39 is 0 Å². The minimum Gasteiger partial charge on any atom is -0.300 e. The molecule has 0 spiro atoms. The fourth-order valence-electron chi connectivity index (χ4n) is 3.31. The zero-order valence-electron chi connectivity index (χ0n) is 21.0. The molecule has 35 heavy (non-hydrogen) atoms. The standard InChI is InChI=1S/C33H36N2/c1-5-7-8-12-22-33(34)28(4)17-15-16-25-35-26-31-20-13-14-21-32(31)27(3)23-24-29(6-2)30-18-10-9-11-19-30/h6-15,17-25,34H,3-5,16,26H2,1-2H3/b8-7+,17-15-,22-12-,24-23-,29-6+,34-33?,35-25?. The van der Waals surface area contributed by atoms with E-state index >= 15 is 0 Å². The van der Waals surface area contributed by atoms with E-state index in [4.69, 9.17) is 5.41 Å². The molecule has 2 heteroatoms. The third kappa shape index (κ3) is 9.77. The van der Waals surface area contributed by atoms with Crippen LogP contribution in [0.15, 0.2) is 133 Å². The molecule has 2 aromatic rings. The summed E-state index contributed by atoms with van der Waals surface area (Å²) in [4.78, 5) is 4.60. The summed E-state index contributed by atoms with van der Waals surface area (Å²) in [6.45, 7) is 13.0. The Labute approximate surface area is 211 Å². The predicted octanol–water partition coefficient (Wildman–Crippen LogP) is 8.97. The predicted molar refractivity (Wildman–Crippen MR) is 156 cm³/mol. The molecule has 0 amide bonds. The largest absolute Gasteiger partial charge is 0.300 e. The molecular weight excluding hydrogens is 424 g/mol.